The molecule has 17 heavy (non-hydrogen) atoms. The van der Waals surface area contributed by atoms with Crippen LogP contribution in [0.1, 0.15) is 20.8 Å². The first-order valence-corrected chi connectivity index (χ1v) is 7.17. The minimum absolute atomic E-state index is 0.0886. The van der Waals surface area contributed by atoms with Gasteiger partial charge in [0.05, 0.1) is 10.5 Å². The third kappa shape index (κ3) is 5.72. The maximum atomic E-state index is 11.8. The van der Waals surface area contributed by atoms with Crippen LogP contribution in [0.15, 0.2) is 17.6 Å². The van der Waals surface area contributed by atoms with Crippen molar-refractivity contribution >= 4 is 15.8 Å². The molecule has 2 N–H and O–H groups in total. The van der Waals surface area contributed by atoms with Gasteiger partial charge in [0.25, 0.3) is 0 Å². The normalized spacial score (nSPS) is 13.3. The van der Waals surface area contributed by atoms with Crippen LogP contribution in [0, 0.1) is 0 Å². The van der Waals surface area contributed by atoms with Crippen molar-refractivity contribution in [2.45, 2.75) is 25.5 Å². The topological polar surface area (TPSA) is 70.6 Å². The lowest BCUT2D eigenvalue weighted by molar-refractivity contribution is 0.559. The fourth-order valence-corrected chi connectivity index (χ4v) is 1.98. The monoisotopic (exact) mass is 261 g/mol. The highest BCUT2D eigenvalue weighted by atomic mass is 32.2. The SMILES string of the molecule is C=CCNC(=NC)NCCS(=O)(=O)C(C)(C)C. The van der Waals surface area contributed by atoms with Crippen LogP contribution in [0.4, 0.5) is 0 Å². The Morgan fingerprint density at radius 2 is 1.94 bits per heavy atom. The van der Waals surface area contributed by atoms with Crippen molar-refractivity contribution in [3.05, 3.63) is 12.7 Å². The van der Waals surface area contributed by atoms with Gasteiger partial charge in [0.15, 0.2) is 15.8 Å². The Bertz CT molecular complexity index is 367. The first-order chi connectivity index (χ1) is 7.74. The van der Waals surface area contributed by atoms with E-state index < -0.39 is 14.6 Å². The van der Waals surface area contributed by atoms with Gasteiger partial charge in [-0.1, -0.05) is 6.08 Å². The molecule has 0 aliphatic rings. The summed E-state index contributed by atoms with van der Waals surface area (Å²) in [7, 11) is -1.45. The van der Waals surface area contributed by atoms with Gasteiger partial charge in [-0.05, 0) is 20.8 Å². The molecule has 5 nitrogen and oxygen atoms in total. The Morgan fingerprint density at radius 1 is 1.35 bits per heavy atom. The zero-order valence-electron chi connectivity index (χ0n) is 11.1. The number of rotatable bonds is 5. The number of nitrogens with zero attached hydrogens (tertiary/aromatic N) is 1. The number of nitrogens with one attached hydrogen (secondary N) is 2. The van der Waals surface area contributed by atoms with Crippen LogP contribution < -0.4 is 10.6 Å². The predicted octanol–water partition coefficient (Wildman–Crippen LogP) is 0.551. The van der Waals surface area contributed by atoms with E-state index >= 15 is 0 Å². The van der Waals surface area contributed by atoms with Crippen molar-refractivity contribution in [3.63, 3.8) is 0 Å². The molecule has 0 radical (unpaired) electrons. The van der Waals surface area contributed by atoms with Crippen molar-refractivity contribution in [2.75, 3.05) is 25.9 Å². The van der Waals surface area contributed by atoms with Gasteiger partial charge in [-0.25, -0.2) is 8.42 Å². The summed E-state index contributed by atoms with van der Waals surface area (Å²) in [5.41, 5.74) is 0. The molecule has 0 amide bonds. The molecular weight excluding hydrogens is 238 g/mol. The average Bonchev–Trinajstić information content (AvgIpc) is 2.21. The van der Waals surface area contributed by atoms with Crippen LogP contribution in [-0.2, 0) is 9.84 Å². The van der Waals surface area contributed by atoms with Gasteiger partial charge in [0.2, 0.25) is 0 Å². The third-order valence-electron chi connectivity index (χ3n) is 2.23. The molecular formula is C11H23N3O2S. The highest BCUT2D eigenvalue weighted by Crippen LogP contribution is 2.14. The van der Waals surface area contributed by atoms with Crippen molar-refractivity contribution in [1.82, 2.24) is 10.6 Å². The maximum Gasteiger partial charge on any atom is 0.191 e. The smallest absolute Gasteiger partial charge is 0.191 e. The Hall–Kier alpha value is -1.04. The Kier molecular flexibility index (Phi) is 6.23. The number of hydrogen-bond acceptors (Lipinski definition) is 3. The number of sulfone groups is 1. The molecule has 0 aromatic carbocycles. The van der Waals surface area contributed by atoms with Gasteiger partial charge in [0.1, 0.15) is 0 Å². The van der Waals surface area contributed by atoms with Gasteiger partial charge in [0, 0.05) is 20.1 Å². The van der Waals surface area contributed by atoms with E-state index in [-0.39, 0.29) is 5.75 Å². The molecule has 0 atom stereocenters. The Balaban J connectivity index is 4.19. The van der Waals surface area contributed by atoms with E-state index in [2.05, 4.69) is 22.2 Å². The molecule has 0 saturated heterocycles. The van der Waals surface area contributed by atoms with E-state index in [4.69, 9.17) is 0 Å². The van der Waals surface area contributed by atoms with Crippen LogP contribution in [0.5, 0.6) is 0 Å². The number of guanidine groups is 1. The number of aliphatic imine (C=N–C) groups is 1. The van der Waals surface area contributed by atoms with E-state index in [9.17, 15) is 8.42 Å². The molecule has 0 aliphatic carbocycles. The van der Waals surface area contributed by atoms with E-state index in [0.717, 1.165) is 0 Å². The Labute approximate surface area is 104 Å². The molecule has 0 heterocycles. The summed E-state index contributed by atoms with van der Waals surface area (Å²) in [6.45, 7) is 9.61. The number of hydrogen-bond donors (Lipinski definition) is 2. The van der Waals surface area contributed by atoms with Gasteiger partial charge >= 0.3 is 0 Å². The molecule has 0 aromatic heterocycles. The summed E-state index contributed by atoms with van der Waals surface area (Å²) >= 11 is 0. The lowest BCUT2D eigenvalue weighted by Gasteiger charge is -2.19. The summed E-state index contributed by atoms with van der Waals surface area (Å²) in [6.07, 6.45) is 1.71. The first kappa shape index (κ1) is 16.0. The van der Waals surface area contributed by atoms with Crippen LogP contribution in [0.25, 0.3) is 0 Å². The maximum absolute atomic E-state index is 11.8. The van der Waals surface area contributed by atoms with Crippen LogP contribution >= 0.6 is 0 Å². The molecule has 0 aromatic rings. The Morgan fingerprint density at radius 3 is 2.35 bits per heavy atom. The fraction of sp³-hybridized carbons (Fsp3) is 0.727. The quantitative estimate of drug-likeness (QED) is 0.431. The molecule has 6 heteroatoms. The third-order valence-corrected chi connectivity index (χ3v) is 4.84. The summed E-state index contributed by atoms with van der Waals surface area (Å²) in [5, 5.41) is 5.91. The van der Waals surface area contributed by atoms with Crippen molar-refractivity contribution in [1.29, 1.82) is 0 Å². The van der Waals surface area contributed by atoms with Gasteiger partial charge < -0.3 is 10.6 Å². The lowest BCUT2D eigenvalue weighted by Crippen LogP contribution is -2.41. The molecule has 0 saturated carbocycles. The predicted molar refractivity (Wildman–Crippen MR) is 73.1 cm³/mol. The highest BCUT2D eigenvalue weighted by Gasteiger charge is 2.28. The largest absolute Gasteiger partial charge is 0.355 e. The zero-order valence-corrected chi connectivity index (χ0v) is 11.9. The molecule has 0 rings (SSSR count). The summed E-state index contributed by atoms with van der Waals surface area (Å²) in [6, 6.07) is 0. The van der Waals surface area contributed by atoms with Crippen LogP contribution in [0.2, 0.25) is 0 Å². The summed E-state index contributed by atoms with van der Waals surface area (Å²) in [5.74, 6) is 0.666. The zero-order chi connectivity index (χ0) is 13.5. The van der Waals surface area contributed by atoms with E-state index in [0.29, 0.717) is 19.0 Å². The molecule has 0 bridgehead atoms. The van der Waals surface area contributed by atoms with Gasteiger partial charge in [-0.2, -0.15) is 0 Å². The minimum Gasteiger partial charge on any atom is -0.355 e. The second-order valence-electron chi connectivity index (χ2n) is 4.60. The first-order valence-electron chi connectivity index (χ1n) is 5.52. The highest BCUT2D eigenvalue weighted by molar-refractivity contribution is 7.92. The molecule has 0 fully saturated rings. The van der Waals surface area contributed by atoms with Crippen molar-refractivity contribution < 1.29 is 8.42 Å². The van der Waals surface area contributed by atoms with Crippen LogP contribution in [-0.4, -0.2) is 45.0 Å². The van der Waals surface area contributed by atoms with Crippen molar-refractivity contribution in [2.24, 2.45) is 4.99 Å². The van der Waals surface area contributed by atoms with E-state index in [1.807, 2.05) is 0 Å². The molecule has 0 unspecified atom stereocenters. The van der Waals surface area contributed by atoms with Gasteiger partial charge in [-0.3, -0.25) is 4.99 Å². The second kappa shape index (κ2) is 6.64. The second-order valence-corrected chi connectivity index (χ2v) is 7.46. The summed E-state index contributed by atoms with van der Waals surface area (Å²) in [4.78, 5) is 3.96. The lowest BCUT2D eigenvalue weighted by atomic mass is 10.3. The standard InChI is InChI=1S/C11H23N3O2S/c1-6-7-13-10(12-5)14-8-9-17(15,16)11(2,3)4/h6H,1,7-9H2,2-5H3,(H2,12,13,14). The van der Waals surface area contributed by atoms with Gasteiger partial charge in [-0.15, -0.1) is 6.58 Å². The average molecular weight is 261 g/mol. The molecule has 100 valence electrons. The molecule has 0 aliphatic heterocycles. The molecule has 0 spiro atoms. The fourth-order valence-electron chi connectivity index (χ4n) is 0.999. The van der Waals surface area contributed by atoms with E-state index in [1.165, 1.54) is 0 Å². The van der Waals surface area contributed by atoms with Crippen LogP contribution in [0.3, 0.4) is 0 Å². The minimum atomic E-state index is -3.09. The summed E-state index contributed by atoms with van der Waals surface area (Å²) < 4.78 is 22.9. The van der Waals surface area contributed by atoms with Crippen molar-refractivity contribution in [3.8, 4) is 0 Å². The van der Waals surface area contributed by atoms with E-state index in [1.54, 1.807) is 33.9 Å².